The molecule has 0 saturated carbocycles. The summed E-state index contributed by atoms with van der Waals surface area (Å²) in [5.41, 5.74) is 0. The van der Waals surface area contributed by atoms with Crippen molar-refractivity contribution in [2.45, 2.75) is 20.0 Å². The molecule has 0 amide bonds. The summed E-state index contributed by atoms with van der Waals surface area (Å²) < 4.78 is 3.92. The molecule has 0 spiro atoms. The van der Waals surface area contributed by atoms with Gasteiger partial charge in [-0.25, -0.2) is 4.98 Å². The van der Waals surface area contributed by atoms with Crippen molar-refractivity contribution in [3.05, 3.63) is 24.5 Å². The summed E-state index contributed by atoms with van der Waals surface area (Å²) in [5, 5.41) is 11.0. The van der Waals surface area contributed by atoms with E-state index >= 15 is 0 Å². The molecule has 0 aliphatic rings. The summed E-state index contributed by atoms with van der Waals surface area (Å²) in [5.74, 6) is 1.75. The number of aryl methyl sites for hydroxylation is 2. The summed E-state index contributed by atoms with van der Waals surface area (Å²) in [6.45, 7) is 3.61. The van der Waals surface area contributed by atoms with Gasteiger partial charge >= 0.3 is 0 Å². The molecule has 2 rings (SSSR count). The Morgan fingerprint density at radius 2 is 2.33 bits per heavy atom. The van der Waals surface area contributed by atoms with Gasteiger partial charge in [-0.1, -0.05) is 0 Å². The Bertz CT molecular complexity index is 429. The van der Waals surface area contributed by atoms with E-state index in [1.54, 1.807) is 12.5 Å². The van der Waals surface area contributed by atoms with Crippen LogP contribution in [-0.2, 0) is 20.1 Å². The highest BCUT2D eigenvalue weighted by Crippen LogP contribution is 2.05. The van der Waals surface area contributed by atoms with Gasteiger partial charge in [-0.3, -0.25) is 0 Å². The number of imidazole rings is 1. The first-order valence-corrected chi connectivity index (χ1v) is 4.89. The second kappa shape index (κ2) is 4.12. The third kappa shape index (κ3) is 1.98. The molecule has 6 heteroatoms. The molecule has 6 nitrogen and oxygen atoms in total. The lowest BCUT2D eigenvalue weighted by Crippen LogP contribution is -2.09. The highest BCUT2D eigenvalue weighted by molar-refractivity contribution is 5.25. The third-order valence-corrected chi connectivity index (χ3v) is 2.27. The van der Waals surface area contributed by atoms with Crippen molar-refractivity contribution in [3.63, 3.8) is 0 Å². The number of nitrogens with zero attached hydrogens (tertiary/aromatic N) is 5. The number of hydrogen-bond acceptors (Lipinski definition) is 4. The zero-order chi connectivity index (χ0) is 10.7. The first kappa shape index (κ1) is 9.70. The maximum Gasteiger partial charge on any atom is 0.203 e. The molecule has 0 saturated heterocycles. The van der Waals surface area contributed by atoms with E-state index in [2.05, 4.69) is 27.4 Å². The Morgan fingerprint density at radius 1 is 1.47 bits per heavy atom. The van der Waals surface area contributed by atoms with Crippen LogP contribution in [0.3, 0.4) is 0 Å². The topological polar surface area (TPSA) is 60.6 Å². The van der Waals surface area contributed by atoms with Crippen LogP contribution in [0.4, 0.5) is 5.95 Å². The number of nitrogens with one attached hydrogen (secondary N) is 1. The van der Waals surface area contributed by atoms with E-state index in [9.17, 15) is 0 Å². The minimum atomic E-state index is 0.632. The van der Waals surface area contributed by atoms with Crippen LogP contribution < -0.4 is 5.32 Å². The molecular formula is C9H14N6. The molecule has 0 aliphatic carbocycles. The van der Waals surface area contributed by atoms with Gasteiger partial charge in [0.1, 0.15) is 6.33 Å². The molecule has 0 fully saturated rings. The Labute approximate surface area is 88.0 Å². The molecule has 0 radical (unpaired) electrons. The summed E-state index contributed by atoms with van der Waals surface area (Å²) in [7, 11) is 1.92. The smallest absolute Gasteiger partial charge is 0.203 e. The van der Waals surface area contributed by atoms with Gasteiger partial charge in [-0.15, -0.1) is 10.2 Å². The van der Waals surface area contributed by atoms with Crippen molar-refractivity contribution < 1.29 is 0 Å². The second-order valence-electron chi connectivity index (χ2n) is 3.25. The van der Waals surface area contributed by atoms with E-state index in [1.807, 2.05) is 22.4 Å². The number of aromatic nitrogens is 5. The average molecular weight is 206 g/mol. The van der Waals surface area contributed by atoms with Crippen LogP contribution in [0, 0.1) is 0 Å². The lowest BCUT2D eigenvalue weighted by Gasteiger charge is -2.06. The van der Waals surface area contributed by atoms with Crippen LogP contribution in [0.25, 0.3) is 0 Å². The van der Waals surface area contributed by atoms with E-state index in [1.165, 1.54) is 0 Å². The number of hydrogen-bond donors (Lipinski definition) is 1. The van der Waals surface area contributed by atoms with Crippen molar-refractivity contribution in [3.8, 4) is 0 Å². The molecule has 15 heavy (non-hydrogen) atoms. The van der Waals surface area contributed by atoms with Gasteiger partial charge in [0.05, 0.1) is 6.54 Å². The zero-order valence-corrected chi connectivity index (χ0v) is 8.88. The minimum absolute atomic E-state index is 0.632. The van der Waals surface area contributed by atoms with Crippen molar-refractivity contribution >= 4 is 5.95 Å². The standard InChI is InChI=1S/C9H14N6/c1-3-15-5-4-10-9(15)11-6-8-13-12-7-14(8)2/h4-5,7H,3,6H2,1-2H3,(H,10,11). The Kier molecular flexibility index (Phi) is 2.66. The predicted molar refractivity (Wildman–Crippen MR) is 56.2 cm³/mol. The zero-order valence-electron chi connectivity index (χ0n) is 8.88. The minimum Gasteiger partial charge on any atom is -0.348 e. The second-order valence-corrected chi connectivity index (χ2v) is 3.25. The number of rotatable bonds is 4. The van der Waals surface area contributed by atoms with Gasteiger partial charge in [-0.05, 0) is 6.92 Å². The quantitative estimate of drug-likeness (QED) is 0.797. The fraction of sp³-hybridized carbons (Fsp3) is 0.444. The summed E-state index contributed by atoms with van der Waals surface area (Å²) in [4.78, 5) is 4.21. The normalized spacial score (nSPS) is 10.5. The van der Waals surface area contributed by atoms with Crippen LogP contribution in [0.2, 0.25) is 0 Å². The predicted octanol–water partition coefficient (Wildman–Crippen LogP) is 0.644. The summed E-state index contributed by atoms with van der Waals surface area (Å²) in [6.07, 6.45) is 5.41. The molecule has 2 heterocycles. The first-order chi connectivity index (χ1) is 7.31. The van der Waals surface area contributed by atoms with Gasteiger partial charge in [-0.2, -0.15) is 0 Å². The van der Waals surface area contributed by atoms with Crippen molar-refractivity contribution in [2.24, 2.45) is 7.05 Å². The molecule has 2 aromatic rings. The maximum absolute atomic E-state index is 4.21. The lowest BCUT2D eigenvalue weighted by molar-refractivity contribution is 0.750. The molecule has 0 aliphatic heterocycles. The van der Waals surface area contributed by atoms with E-state index in [4.69, 9.17) is 0 Å². The van der Waals surface area contributed by atoms with Crippen LogP contribution >= 0.6 is 0 Å². The number of anilines is 1. The van der Waals surface area contributed by atoms with Gasteiger partial charge in [0, 0.05) is 26.0 Å². The summed E-state index contributed by atoms with van der Waals surface area (Å²) >= 11 is 0. The SMILES string of the molecule is CCn1ccnc1NCc1nncn1C. The fourth-order valence-electron chi connectivity index (χ4n) is 1.36. The molecule has 0 bridgehead atoms. The van der Waals surface area contributed by atoms with E-state index in [0.717, 1.165) is 18.3 Å². The highest BCUT2D eigenvalue weighted by atomic mass is 15.3. The largest absolute Gasteiger partial charge is 0.348 e. The lowest BCUT2D eigenvalue weighted by atomic mass is 10.6. The third-order valence-electron chi connectivity index (χ3n) is 2.27. The van der Waals surface area contributed by atoms with Crippen LogP contribution in [0.15, 0.2) is 18.7 Å². The summed E-state index contributed by atoms with van der Waals surface area (Å²) in [6, 6.07) is 0. The Morgan fingerprint density at radius 3 is 3.00 bits per heavy atom. The molecule has 0 atom stereocenters. The van der Waals surface area contributed by atoms with Crippen LogP contribution in [-0.4, -0.2) is 24.3 Å². The van der Waals surface area contributed by atoms with Crippen molar-refractivity contribution in [2.75, 3.05) is 5.32 Å². The average Bonchev–Trinajstić information content (AvgIpc) is 2.83. The van der Waals surface area contributed by atoms with Gasteiger partial charge in [0.15, 0.2) is 5.82 Å². The van der Waals surface area contributed by atoms with E-state index < -0.39 is 0 Å². The highest BCUT2D eigenvalue weighted by Gasteiger charge is 2.03. The Hall–Kier alpha value is -1.85. The monoisotopic (exact) mass is 206 g/mol. The molecular weight excluding hydrogens is 192 g/mol. The van der Waals surface area contributed by atoms with E-state index in [0.29, 0.717) is 6.54 Å². The van der Waals surface area contributed by atoms with Crippen LogP contribution in [0.1, 0.15) is 12.7 Å². The van der Waals surface area contributed by atoms with Crippen molar-refractivity contribution in [1.29, 1.82) is 0 Å². The molecule has 2 aromatic heterocycles. The fourth-order valence-corrected chi connectivity index (χ4v) is 1.36. The van der Waals surface area contributed by atoms with Crippen LogP contribution in [0.5, 0.6) is 0 Å². The van der Waals surface area contributed by atoms with E-state index in [-0.39, 0.29) is 0 Å². The van der Waals surface area contributed by atoms with Crippen molar-refractivity contribution in [1.82, 2.24) is 24.3 Å². The Balaban J connectivity index is 2.02. The molecule has 0 unspecified atom stereocenters. The molecule has 80 valence electrons. The molecule has 1 N–H and O–H groups in total. The maximum atomic E-state index is 4.21. The molecule has 0 aromatic carbocycles. The van der Waals surface area contributed by atoms with Gasteiger partial charge in [0.25, 0.3) is 0 Å². The van der Waals surface area contributed by atoms with Gasteiger partial charge in [0.2, 0.25) is 5.95 Å². The first-order valence-electron chi connectivity index (χ1n) is 4.89. The van der Waals surface area contributed by atoms with Gasteiger partial charge < -0.3 is 14.5 Å².